The van der Waals surface area contributed by atoms with Gasteiger partial charge in [-0.15, -0.1) is 0 Å². The van der Waals surface area contributed by atoms with Gasteiger partial charge in [0.1, 0.15) is 24.0 Å². The number of aromatic nitrogens is 3. The molecule has 2 unspecified atom stereocenters. The van der Waals surface area contributed by atoms with Crippen LogP contribution in [-0.2, 0) is 32.2 Å². The summed E-state index contributed by atoms with van der Waals surface area (Å²) in [7, 11) is 0. The molecule has 1 N–H and O–H groups in total. The first kappa shape index (κ1) is 25.0. The van der Waals surface area contributed by atoms with Crippen LogP contribution in [0.4, 0.5) is 4.79 Å². The molecule has 1 aliphatic rings. The van der Waals surface area contributed by atoms with Crippen molar-refractivity contribution >= 4 is 18.0 Å². The number of aliphatic carboxylic acids is 1. The Morgan fingerprint density at radius 1 is 1.19 bits per heavy atom. The number of likely N-dealkylation sites (tertiary alicyclic amines) is 1. The number of carbonyl (C=O) groups is 3. The molecule has 1 amide bonds. The van der Waals surface area contributed by atoms with Gasteiger partial charge in [0, 0.05) is 12.4 Å². The minimum atomic E-state index is -1.73. The Kier molecular flexibility index (Phi) is 6.82. The molecule has 4 rings (SSSR count). The third-order valence-corrected chi connectivity index (χ3v) is 5.92. The van der Waals surface area contributed by atoms with E-state index in [4.69, 9.17) is 13.9 Å². The zero-order valence-corrected chi connectivity index (χ0v) is 20.2. The number of oxazole rings is 1. The van der Waals surface area contributed by atoms with Crippen LogP contribution in [0.15, 0.2) is 66.1 Å². The Balaban J connectivity index is 1.82. The van der Waals surface area contributed by atoms with Crippen molar-refractivity contribution in [2.24, 2.45) is 5.92 Å². The number of carboxylic acids is 1. The maximum Gasteiger partial charge on any atom is 0.411 e. The Morgan fingerprint density at radius 3 is 2.53 bits per heavy atom. The number of rotatable bonds is 7. The number of ether oxygens (including phenoxy) is 2. The average Bonchev–Trinajstić information content (AvgIpc) is 3.58. The fraction of sp³-hybridized carbons (Fsp3) is 0.400. The molecule has 36 heavy (non-hydrogen) atoms. The van der Waals surface area contributed by atoms with Crippen molar-refractivity contribution in [3.63, 3.8) is 0 Å². The molecule has 11 nitrogen and oxygen atoms in total. The Labute approximate surface area is 207 Å². The van der Waals surface area contributed by atoms with Crippen molar-refractivity contribution in [1.82, 2.24) is 19.4 Å². The molecule has 1 aliphatic heterocycles. The summed E-state index contributed by atoms with van der Waals surface area (Å²) in [6, 6.07) is 7.86. The van der Waals surface area contributed by atoms with Crippen LogP contribution in [0.2, 0.25) is 0 Å². The third-order valence-electron chi connectivity index (χ3n) is 5.92. The van der Waals surface area contributed by atoms with E-state index in [0.717, 1.165) is 16.9 Å². The molecule has 0 saturated carbocycles. The van der Waals surface area contributed by atoms with Crippen molar-refractivity contribution in [2.45, 2.75) is 57.5 Å². The van der Waals surface area contributed by atoms with Gasteiger partial charge in [0.15, 0.2) is 11.9 Å². The third kappa shape index (κ3) is 5.09. The highest BCUT2D eigenvalue weighted by Gasteiger charge is 2.63. The zero-order valence-electron chi connectivity index (χ0n) is 20.2. The molecule has 190 valence electrons. The number of nitrogens with zero attached hydrogens (tertiary/aromatic N) is 4. The second kappa shape index (κ2) is 9.84. The molecule has 0 aliphatic carbocycles. The van der Waals surface area contributed by atoms with Crippen molar-refractivity contribution in [1.29, 1.82) is 0 Å². The predicted octanol–water partition coefficient (Wildman–Crippen LogP) is 3.44. The van der Waals surface area contributed by atoms with Gasteiger partial charge < -0.3 is 23.6 Å². The molecule has 1 aromatic carbocycles. The van der Waals surface area contributed by atoms with Crippen LogP contribution in [0.3, 0.4) is 0 Å². The van der Waals surface area contributed by atoms with E-state index in [9.17, 15) is 19.5 Å². The number of amides is 1. The molecule has 3 atom stereocenters. The Hall–Kier alpha value is -4.15. The van der Waals surface area contributed by atoms with E-state index in [0.29, 0.717) is 0 Å². The van der Waals surface area contributed by atoms with Crippen LogP contribution in [0.5, 0.6) is 0 Å². The van der Waals surface area contributed by atoms with Gasteiger partial charge in [0.25, 0.3) is 0 Å². The maximum absolute atomic E-state index is 13.8. The lowest BCUT2D eigenvalue weighted by Gasteiger charge is -2.39. The van der Waals surface area contributed by atoms with Gasteiger partial charge >= 0.3 is 18.0 Å². The number of imidazole rings is 1. The normalized spacial score (nSPS) is 21.8. The SMILES string of the molecule is CC(C)(C)OC(=O)[C@]1(Cn2ccnc2)CC(C(=O)O)C(c2cnco2)N1C(=O)OCc1ccccc1. The van der Waals surface area contributed by atoms with E-state index in [2.05, 4.69) is 9.97 Å². The smallest absolute Gasteiger partial charge is 0.411 e. The molecule has 0 bridgehead atoms. The second-order valence-corrected chi connectivity index (χ2v) is 9.68. The van der Waals surface area contributed by atoms with Crippen molar-refractivity contribution < 1.29 is 33.4 Å². The molecule has 3 aromatic rings. The summed E-state index contributed by atoms with van der Waals surface area (Å²) >= 11 is 0. The Bertz CT molecular complexity index is 1190. The van der Waals surface area contributed by atoms with Gasteiger partial charge in [-0.05, 0) is 32.8 Å². The molecule has 11 heteroatoms. The van der Waals surface area contributed by atoms with Crippen LogP contribution >= 0.6 is 0 Å². The number of hydrogen-bond donors (Lipinski definition) is 1. The largest absolute Gasteiger partial charge is 0.481 e. The number of carbonyl (C=O) groups excluding carboxylic acids is 2. The summed E-state index contributed by atoms with van der Waals surface area (Å²) < 4.78 is 18.4. The van der Waals surface area contributed by atoms with Gasteiger partial charge in [0.05, 0.1) is 25.0 Å². The van der Waals surface area contributed by atoms with Crippen molar-refractivity contribution in [3.05, 3.63) is 73.0 Å². The molecule has 3 heterocycles. The minimum Gasteiger partial charge on any atom is -0.481 e. The molecule has 2 aromatic heterocycles. The fourth-order valence-electron chi connectivity index (χ4n) is 4.46. The standard InChI is InChI=1S/C25H28N4O7/c1-24(2,3)36-22(32)25(14-28-10-9-26-15-28)11-18(21(30)31)20(19-12-27-16-35-19)29(25)23(33)34-13-17-7-5-4-6-8-17/h4-10,12,15-16,18,20H,11,13-14H2,1-3H3,(H,30,31)/t18?,20?,25-/m1/s1. The summed E-state index contributed by atoms with van der Waals surface area (Å²) in [6.45, 7) is 4.92. The molecule has 0 spiro atoms. The lowest BCUT2D eigenvalue weighted by molar-refractivity contribution is -0.169. The summed E-state index contributed by atoms with van der Waals surface area (Å²) in [4.78, 5) is 49.1. The van der Waals surface area contributed by atoms with E-state index in [1.807, 2.05) is 6.07 Å². The van der Waals surface area contributed by atoms with E-state index < -0.39 is 41.1 Å². The molecule has 0 radical (unpaired) electrons. The van der Waals surface area contributed by atoms with E-state index in [1.165, 1.54) is 18.7 Å². The minimum absolute atomic E-state index is 0.0769. The van der Waals surface area contributed by atoms with Gasteiger partial charge in [-0.25, -0.2) is 19.6 Å². The first-order chi connectivity index (χ1) is 17.1. The van der Waals surface area contributed by atoms with Crippen LogP contribution in [0.25, 0.3) is 0 Å². The number of esters is 1. The van der Waals surface area contributed by atoms with Crippen LogP contribution in [-0.4, -0.2) is 53.7 Å². The monoisotopic (exact) mass is 496 g/mol. The predicted molar refractivity (Wildman–Crippen MR) is 124 cm³/mol. The van der Waals surface area contributed by atoms with Gasteiger partial charge in [-0.3, -0.25) is 9.69 Å². The summed E-state index contributed by atoms with van der Waals surface area (Å²) in [6.07, 6.45) is 5.99. The van der Waals surface area contributed by atoms with Gasteiger partial charge in [0.2, 0.25) is 0 Å². The van der Waals surface area contributed by atoms with E-state index >= 15 is 0 Å². The molecule has 1 fully saturated rings. The highest BCUT2D eigenvalue weighted by molar-refractivity contribution is 5.89. The quantitative estimate of drug-likeness (QED) is 0.488. The number of benzene rings is 1. The molecular weight excluding hydrogens is 468 g/mol. The highest BCUT2D eigenvalue weighted by atomic mass is 16.6. The first-order valence-corrected chi connectivity index (χ1v) is 11.4. The average molecular weight is 497 g/mol. The van der Waals surface area contributed by atoms with Crippen LogP contribution in [0, 0.1) is 5.92 Å². The fourth-order valence-corrected chi connectivity index (χ4v) is 4.46. The lowest BCUT2D eigenvalue weighted by Crippen LogP contribution is -2.58. The van der Waals surface area contributed by atoms with Crippen LogP contribution in [0.1, 0.15) is 44.6 Å². The summed E-state index contributed by atoms with van der Waals surface area (Å²) in [5.41, 5.74) is -1.90. The number of carboxylic acid groups (broad SMARTS) is 1. The topological polar surface area (TPSA) is 137 Å². The van der Waals surface area contributed by atoms with Gasteiger partial charge in [-0.2, -0.15) is 0 Å². The lowest BCUT2D eigenvalue weighted by atomic mass is 9.90. The van der Waals surface area contributed by atoms with Crippen molar-refractivity contribution in [2.75, 3.05) is 0 Å². The molecular formula is C25H28N4O7. The number of hydrogen-bond acceptors (Lipinski definition) is 8. The highest BCUT2D eigenvalue weighted by Crippen LogP contribution is 2.49. The zero-order chi connectivity index (χ0) is 25.9. The van der Waals surface area contributed by atoms with Crippen LogP contribution < -0.4 is 0 Å². The second-order valence-electron chi connectivity index (χ2n) is 9.68. The van der Waals surface area contributed by atoms with E-state index in [1.54, 1.807) is 55.8 Å². The summed E-state index contributed by atoms with van der Waals surface area (Å²) in [5.74, 6) is -3.03. The Morgan fingerprint density at radius 2 is 1.94 bits per heavy atom. The first-order valence-electron chi connectivity index (χ1n) is 11.4. The molecule has 1 saturated heterocycles. The van der Waals surface area contributed by atoms with Crippen molar-refractivity contribution in [3.8, 4) is 0 Å². The maximum atomic E-state index is 13.8. The van der Waals surface area contributed by atoms with Gasteiger partial charge in [-0.1, -0.05) is 30.3 Å². The summed E-state index contributed by atoms with van der Waals surface area (Å²) in [5, 5.41) is 10.2. The van der Waals surface area contributed by atoms with E-state index in [-0.39, 0.29) is 25.3 Å².